The summed E-state index contributed by atoms with van der Waals surface area (Å²) in [6, 6.07) is 23.0. The Kier molecular flexibility index (Phi) is 18.6. The van der Waals surface area contributed by atoms with E-state index in [-0.39, 0.29) is 24.5 Å². The molecule has 1 aromatic heterocycles. The first-order valence-electron chi connectivity index (χ1n) is 20.4. The zero-order valence-corrected chi connectivity index (χ0v) is 38.6. The van der Waals surface area contributed by atoms with E-state index >= 15 is 0 Å². The van der Waals surface area contributed by atoms with Gasteiger partial charge in [0.05, 0.1) is 9.75 Å². The molecule has 4 aromatic carbocycles. The molecule has 14 nitrogen and oxygen atoms in total. The molecule has 0 bridgehead atoms. The van der Waals surface area contributed by atoms with Crippen LogP contribution in [0.5, 0.6) is 11.5 Å². The Morgan fingerprint density at radius 1 is 0.844 bits per heavy atom. The summed E-state index contributed by atoms with van der Waals surface area (Å²) in [5, 5.41) is 44.3. The highest BCUT2D eigenvalue weighted by molar-refractivity contribution is 7.15. The number of rotatable bonds is 10. The molecular formula is C47H54Cl2N4O10S. The van der Waals surface area contributed by atoms with Crippen molar-refractivity contribution in [1.82, 2.24) is 10.2 Å². The minimum Gasteiger partial charge on any atom is -0.461 e. The Hall–Kier alpha value is -4.99. The highest BCUT2D eigenvalue weighted by atomic mass is 35.5. The minimum absolute atomic E-state index is 0.0252. The number of anilines is 2. The number of hydrogen-bond acceptors (Lipinski definition) is 14. The Morgan fingerprint density at radius 3 is 1.83 bits per heavy atom. The summed E-state index contributed by atoms with van der Waals surface area (Å²) >= 11 is 13.6. The molecule has 4 heterocycles. The van der Waals surface area contributed by atoms with Crippen molar-refractivity contribution in [3.05, 3.63) is 93.7 Å². The second-order valence-electron chi connectivity index (χ2n) is 15.1. The highest BCUT2D eigenvalue weighted by Gasteiger charge is 2.36. The van der Waals surface area contributed by atoms with Gasteiger partial charge in [-0.2, -0.15) is 0 Å². The van der Waals surface area contributed by atoms with Crippen molar-refractivity contribution in [3.63, 3.8) is 0 Å². The first-order chi connectivity index (χ1) is 30.9. The lowest BCUT2D eigenvalue weighted by atomic mass is 9.95. The first-order valence-corrected chi connectivity index (χ1v) is 22.3. The molecule has 0 fully saturated rings. The Morgan fingerprint density at radius 2 is 1.34 bits per heavy atom. The number of likely N-dealkylation sites (N-methyl/N-ethyl adjacent to an activating group) is 4. The van der Waals surface area contributed by atoms with Gasteiger partial charge in [-0.15, -0.1) is 34.5 Å². The molecule has 6 unspecified atom stereocenters. The normalized spacial score (nSPS) is 20.6. The fourth-order valence-electron chi connectivity index (χ4n) is 7.73. The van der Waals surface area contributed by atoms with Crippen LogP contribution in [0, 0.1) is 11.8 Å². The van der Waals surface area contributed by atoms with Gasteiger partial charge in [-0.25, -0.2) is 4.79 Å². The molecule has 64 heavy (non-hydrogen) atoms. The lowest BCUT2D eigenvalue weighted by molar-refractivity contribution is -0.180. The quantitative estimate of drug-likeness (QED) is 0.0657. The van der Waals surface area contributed by atoms with E-state index in [1.807, 2.05) is 75.7 Å². The molecule has 17 heteroatoms. The number of benzene rings is 4. The van der Waals surface area contributed by atoms with E-state index in [2.05, 4.69) is 33.0 Å². The molecule has 342 valence electrons. The number of halogens is 2. The predicted molar refractivity (Wildman–Crippen MR) is 253 cm³/mol. The molecule has 6 atom stereocenters. The number of nitrogens with one attached hydrogen (secondary N) is 1. The van der Waals surface area contributed by atoms with E-state index in [9.17, 15) is 29.7 Å². The molecule has 0 saturated carbocycles. The number of carbonyl (C=O) groups excluding carboxylic acids is 3. The molecule has 0 radical (unpaired) electrons. The summed E-state index contributed by atoms with van der Waals surface area (Å²) in [4.78, 5) is 39.5. The number of carbonyl (C=O) groups is 3. The lowest BCUT2D eigenvalue weighted by Crippen LogP contribution is -2.48. The fraction of sp³-hybridized carbons (Fsp3) is 0.383. The van der Waals surface area contributed by atoms with Crippen LogP contribution in [0.25, 0.3) is 21.5 Å². The number of fused-ring (bicyclic) bond motifs is 6. The molecule has 0 spiro atoms. The third-order valence-corrected chi connectivity index (χ3v) is 12.6. The lowest BCUT2D eigenvalue weighted by Gasteiger charge is -2.29. The van der Waals surface area contributed by atoms with Gasteiger partial charge in [-0.3, -0.25) is 9.59 Å². The molecule has 8 rings (SSSR count). The maximum absolute atomic E-state index is 12.4. The van der Waals surface area contributed by atoms with Crippen LogP contribution < -0.4 is 24.6 Å². The maximum Gasteiger partial charge on any atom is 0.415 e. The molecule has 1 amide bonds. The van der Waals surface area contributed by atoms with Crippen molar-refractivity contribution < 1.29 is 49.0 Å². The van der Waals surface area contributed by atoms with E-state index in [1.54, 1.807) is 24.1 Å². The number of thiophene rings is 1. The molecule has 3 aliphatic heterocycles. The maximum atomic E-state index is 12.4. The van der Waals surface area contributed by atoms with E-state index in [4.69, 9.17) is 42.5 Å². The second-order valence-corrected chi connectivity index (χ2v) is 16.8. The van der Waals surface area contributed by atoms with Crippen molar-refractivity contribution in [2.75, 3.05) is 89.6 Å². The molecule has 5 N–H and O–H groups in total. The number of aliphatic hydroxyl groups is 4. The SMILES string of the molecule is CN1CC(CCl)c2c1cc(OC1OCC#CC(O)C(O)C1O)c1ccccc21.CNCCN(C)C(=O)Oc1cc2c(c3ccccc13)C(CCl)CN2C.CO.O=Cc1ccc(C=O)s1. The molecule has 0 aliphatic carbocycles. The first kappa shape index (κ1) is 50.0. The van der Waals surface area contributed by atoms with Crippen LogP contribution in [0.15, 0.2) is 72.8 Å². The molecule has 5 aromatic rings. The predicted octanol–water partition coefficient (Wildman–Crippen LogP) is 5.68. The number of hydrogen-bond donors (Lipinski definition) is 5. The van der Waals surface area contributed by atoms with Gasteiger partial charge >= 0.3 is 6.09 Å². The summed E-state index contributed by atoms with van der Waals surface area (Å²) in [7, 11) is 8.65. The van der Waals surface area contributed by atoms with Gasteiger partial charge in [0.2, 0.25) is 6.29 Å². The number of aliphatic hydroxyl groups excluding tert-OH is 4. The van der Waals surface area contributed by atoms with E-state index in [0.29, 0.717) is 39.6 Å². The fourth-order valence-corrected chi connectivity index (χ4v) is 8.88. The molecule has 0 saturated heterocycles. The van der Waals surface area contributed by atoms with Crippen LogP contribution in [0.3, 0.4) is 0 Å². The van der Waals surface area contributed by atoms with Crippen LogP contribution in [0.1, 0.15) is 42.3 Å². The van der Waals surface area contributed by atoms with Crippen LogP contribution in [0.4, 0.5) is 16.2 Å². The summed E-state index contributed by atoms with van der Waals surface area (Å²) in [6.45, 7) is 2.98. The summed E-state index contributed by atoms with van der Waals surface area (Å²) < 4.78 is 17.2. The van der Waals surface area contributed by atoms with E-state index in [1.165, 1.54) is 22.5 Å². The topological polar surface area (TPSA) is 182 Å². The number of alkyl halides is 2. The molecule has 3 aliphatic rings. The van der Waals surface area contributed by atoms with Gasteiger partial charge in [-0.1, -0.05) is 60.4 Å². The van der Waals surface area contributed by atoms with Gasteiger partial charge in [0.25, 0.3) is 0 Å². The van der Waals surface area contributed by atoms with Crippen LogP contribution in [-0.2, 0) is 4.74 Å². The van der Waals surface area contributed by atoms with Crippen LogP contribution in [0.2, 0.25) is 0 Å². The van der Waals surface area contributed by atoms with Gasteiger partial charge in [-0.05, 0) is 41.1 Å². The zero-order valence-electron chi connectivity index (χ0n) is 36.2. The number of nitrogens with zero attached hydrogens (tertiary/aromatic N) is 3. The molecular weight excluding hydrogens is 884 g/mol. The van der Waals surface area contributed by atoms with Gasteiger partial charge in [0.1, 0.15) is 36.4 Å². The summed E-state index contributed by atoms with van der Waals surface area (Å²) in [5.41, 5.74) is 4.53. The van der Waals surface area contributed by atoms with Crippen molar-refractivity contribution in [3.8, 4) is 23.3 Å². The average Bonchev–Trinajstić information content (AvgIpc) is 4.03. The number of amides is 1. The summed E-state index contributed by atoms with van der Waals surface area (Å²) in [6.07, 6.45) is -4.37. The third-order valence-electron chi connectivity index (χ3n) is 10.9. The Labute approximate surface area is 386 Å². The second kappa shape index (κ2) is 23.8. The summed E-state index contributed by atoms with van der Waals surface area (Å²) in [5.74, 6) is 7.76. The minimum atomic E-state index is -1.50. The van der Waals surface area contributed by atoms with Crippen LogP contribution >= 0.6 is 34.5 Å². The van der Waals surface area contributed by atoms with Gasteiger partial charge in [0.15, 0.2) is 12.6 Å². The van der Waals surface area contributed by atoms with Crippen molar-refractivity contribution >= 4 is 86.1 Å². The zero-order chi connectivity index (χ0) is 46.5. The van der Waals surface area contributed by atoms with Gasteiger partial charge in [0, 0.05) is 112 Å². The average molecular weight is 938 g/mol. The van der Waals surface area contributed by atoms with Crippen molar-refractivity contribution in [2.45, 2.75) is 36.4 Å². The van der Waals surface area contributed by atoms with E-state index in [0.717, 1.165) is 72.2 Å². The van der Waals surface area contributed by atoms with Crippen molar-refractivity contribution in [1.29, 1.82) is 0 Å². The number of aldehydes is 2. The third kappa shape index (κ3) is 11.4. The van der Waals surface area contributed by atoms with E-state index < -0.39 is 24.6 Å². The van der Waals surface area contributed by atoms with Crippen LogP contribution in [-0.4, -0.2) is 148 Å². The largest absolute Gasteiger partial charge is 0.461 e. The smallest absolute Gasteiger partial charge is 0.415 e. The Balaban J connectivity index is 0.000000196. The monoisotopic (exact) mass is 936 g/mol. The van der Waals surface area contributed by atoms with Gasteiger partial charge < -0.3 is 54.7 Å². The number of ether oxygens (including phenoxy) is 3. The van der Waals surface area contributed by atoms with Crippen molar-refractivity contribution in [2.24, 2.45) is 0 Å². The standard InChI is InChI=1S/C21H22ClNO5.C19H24ClN3O2.C6H4O2S.CH4O/c1-23-11-12(10-22)18-14-6-3-2-5-13(14)17(9-15(18)23)28-21-20(26)19(25)16(24)7-4-8-27-21;1-21-8-9-22(2)19(24)25-17-10-16-18(13(11-20)12-23(16)3)15-7-5-4-6-14(15)17;7-3-5-1-2-6(4-8)9-5;1-2/h2-3,5-6,9,12,16,19-21,24-26H,8,10-11H2,1H3;4-7,10,13,21H,8-9,11-12H2,1-3H3;1-4H;2H,1H3. The highest BCUT2D eigenvalue weighted by Crippen LogP contribution is 2.46. The Bertz CT molecular complexity index is 2420.